The van der Waals surface area contributed by atoms with Crippen LogP contribution in [0, 0.1) is 0 Å². The number of hydrogen-bond donors (Lipinski definition) is 2. The minimum atomic E-state index is -0.0641. The molecule has 1 atom stereocenters. The molecule has 1 unspecified atom stereocenters. The summed E-state index contributed by atoms with van der Waals surface area (Å²) >= 11 is 1.72. The average molecular weight is 295 g/mol. The maximum atomic E-state index is 5.82. The van der Waals surface area contributed by atoms with Crippen LogP contribution in [0.4, 0.5) is 0 Å². The number of para-hydroxylation sites is 1. The van der Waals surface area contributed by atoms with E-state index in [9.17, 15) is 0 Å². The molecule has 3 nitrogen and oxygen atoms in total. The number of thioether (sulfide) groups is 1. The van der Waals surface area contributed by atoms with E-state index in [1.54, 1.807) is 11.8 Å². The summed E-state index contributed by atoms with van der Waals surface area (Å²) in [5.41, 5.74) is 6.15. The Balaban J connectivity index is 2.09. The van der Waals surface area contributed by atoms with E-state index in [-0.39, 0.29) is 6.04 Å². The van der Waals surface area contributed by atoms with Gasteiger partial charge in [0.25, 0.3) is 0 Å². The fraction of sp³-hybridized carbons (Fsp3) is 0.118. The smallest absolute Gasteiger partial charge is 0.0736 e. The summed E-state index contributed by atoms with van der Waals surface area (Å²) < 4.78 is 0. The molecule has 0 aliphatic rings. The molecule has 106 valence electrons. The van der Waals surface area contributed by atoms with E-state index in [0.29, 0.717) is 0 Å². The second-order valence-electron chi connectivity index (χ2n) is 4.80. The van der Waals surface area contributed by atoms with Gasteiger partial charge in [-0.05, 0) is 35.6 Å². The quantitative estimate of drug-likeness (QED) is 0.439. The predicted octanol–water partition coefficient (Wildman–Crippen LogP) is 3.51. The Morgan fingerprint density at radius 1 is 1.10 bits per heavy atom. The van der Waals surface area contributed by atoms with E-state index in [2.05, 4.69) is 40.9 Å². The summed E-state index contributed by atoms with van der Waals surface area (Å²) in [5, 5.41) is 1.12. The van der Waals surface area contributed by atoms with Crippen molar-refractivity contribution < 1.29 is 0 Å². The maximum Gasteiger partial charge on any atom is 0.0736 e. The molecular weight excluding hydrogens is 278 g/mol. The lowest BCUT2D eigenvalue weighted by Crippen LogP contribution is -2.29. The third-order valence-electron chi connectivity index (χ3n) is 3.56. The third kappa shape index (κ3) is 2.78. The lowest BCUT2D eigenvalue weighted by molar-refractivity contribution is 0.627. The standard InChI is InChI=1S/C17H17N3S/c1-21-16-9-5-3-7-14(16)17(20-18)13-10-12-6-2-4-8-15(12)19-11-13/h2-11,17,20H,18H2,1H3. The van der Waals surface area contributed by atoms with E-state index >= 15 is 0 Å². The summed E-state index contributed by atoms with van der Waals surface area (Å²) in [6, 6.07) is 18.5. The first-order chi connectivity index (χ1) is 10.3. The monoisotopic (exact) mass is 295 g/mol. The zero-order valence-electron chi connectivity index (χ0n) is 11.8. The molecule has 3 N–H and O–H groups in total. The van der Waals surface area contributed by atoms with Crippen molar-refractivity contribution in [3.8, 4) is 0 Å². The van der Waals surface area contributed by atoms with E-state index in [4.69, 9.17) is 5.84 Å². The van der Waals surface area contributed by atoms with Crippen LogP contribution in [0.2, 0.25) is 0 Å². The Morgan fingerprint density at radius 3 is 2.67 bits per heavy atom. The summed E-state index contributed by atoms with van der Waals surface area (Å²) in [5.74, 6) is 5.82. The molecule has 0 spiro atoms. The number of pyridine rings is 1. The number of hydrogen-bond acceptors (Lipinski definition) is 4. The highest BCUT2D eigenvalue weighted by molar-refractivity contribution is 7.98. The number of nitrogens with zero attached hydrogens (tertiary/aromatic N) is 1. The molecule has 3 rings (SSSR count). The van der Waals surface area contributed by atoms with Gasteiger partial charge in [0.1, 0.15) is 0 Å². The minimum absolute atomic E-state index is 0.0641. The van der Waals surface area contributed by atoms with Crippen LogP contribution >= 0.6 is 11.8 Å². The van der Waals surface area contributed by atoms with E-state index in [1.165, 1.54) is 10.5 Å². The van der Waals surface area contributed by atoms with Crippen molar-refractivity contribution in [3.63, 3.8) is 0 Å². The molecule has 21 heavy (non-hydrogen) atoms. The molecule has 0 aliphatic heterocycles. The summed E-state index contributed by atoms with van der Waals surface area (Å²) in [7, 11) is 0. The van der Waals surface area contributed by atoms with Crippen LogP contribution in [-0.2, 0) is 0 Å². The topological polar surface area (TPSA) is 50.9 Å². The van der Waals surface area contributed by atoms with E-state index in [0.717, 1.165) is 16.5 Å². The van der Waals surface area contributed by atoms with Gasteiger partial charge in [-0.3, -0.25) is 10.8 Å². The Hall–Kier alpha value is -1.88. The van der Waals surface area contributed by atoms with Crippen molar-refractivity contribution >= 4 is 22.7 Å². The zero-order valence-corrected chi connectivity index (χ0v) is 12.6. The van der Waals surface area contributed by atoms with E-state index < -0.39 is 0 Å². The van der Waals surface area contributed by atoms with Gasteiger partial charge in [-0.15, -0.1) is 11.8 Å². The van der Waals surface area contributed by atoms with Gasteiger partial charge in [0.2, 0.25) is 0 Å². The van der Waals surface area contributed by atoms with Gasteiger partial charge >= 0.3 is 0 Å². The highest BCUT2D eigenvalue weighted by Crippen LogP contribution is 2.30. The molecular formula is C17H17N3S. The normalized spacial score (nSPS) is 12.5. The Kier molecular flexibility index (Phi) is 4.20. The van der Waals surface area contributed by atoms with Crippen LogP contribution in [0.5, 0.6) is 0 Å². The Morgan fingerprint density at radius 2 is 1.86 bits per heavy atom. The fourth-order valence-electron chi connectivity index (χ4n) is 2.52. The van der Waals surface area contributed by atoms with Gasteiger partial charge in [-0.2, -0.15) is 0 Å². The summed E-state index contributed by atoms with van der Waals surface area (Å²) in [6.45, 7) is 0. The lowest BCUT2D eigenvalue weighted by atomic mass is 9.99. The zero-order chi connectivity index (χ0) is 14.7. The molecule has 0 bridgehead atoms. The van der Waals surface area contributed by atoms with Crippen molar-refractivity contribution in [1.29, 1.82) is 0 Å². The van der Waals surface area contributed by atoms with Crippen LogP contribution in [0.25, 0.3) is 10.9 Å². The molecule has 1 aromatic heterocycles. The molecule has 0 amide bonds. The van der Waals surface area contributed by atoms with Crippen LogP contribution in [0.3, 0.4) is 0 Å². The van der Waals surface area contributed by atoms with Gasteiger partial charge < -0.3 is 0 Å². The van der Waals surface area contributed by atoms with Gasteiger partial charge in [0.05, 0.1) is 11.6 Å². The van der Waals surface area contributed by atoms with Gasteiger partial charge in [0, 0.05) is 16.5 Å². The molecule has 1 heterocycles. The Labute approximate surface area is 128 Å². The van der Waals surface area contributed by atoms with Crippen molar-refractivity contribution in [2.75, 3.05) is 6.26 Å². The summed E-state index contributed by atoms with van der Waals surface area (Å²) in [6.07, 6.45) is 3.97. The number of rotatable bonds is 4. The summed E-state index contributed by atoms with van der Waals surface area (Å²) in [4.78, 5) is 5.74. The maximum absolute atomic E-state index is 5.82. The average Bonchev–Trinajstić information content (AvgIpc) is 2.56. The predicted molar refractivity (Wildman–Crippen MR) is 89.1 cm³/mol. The first-order valence-electron chi connectivity index (χ1n) is 6.77. The highest BCUT2D eigenvalue weighted by Gasteiger charge is 2.16. The SMILES string of the molecule is CSc1ccccc1C(NN)c1cnc2ccccc2c1. The van der Waals surface area contributed by atoms with Crippen LogP contribution in [0.1, 0.15) is 17.2 Å². The number of hydrazine groups is 1. The molecule has 0 radical (unpaired) electrons. The van der Waals surface area contributed by atoms with Crippen LogP contribution in [-0.4, -0.2) is 11.2 Å². The lowest BCUT2D eigenvalue weighted by Gasteiger charge is -2.19. The first kappa shape index (κ1) is 14.1. The molecule has 0 saturated heterocycles. The molecule has 0 saturated carbocycles. The highest BCUT2D eigenvalue weighted by atomic mass is 32.2. The third-order valence-corrected chi connectivity index (χ3v) is 4.37. The minimum Gasteiger partial charge on any atom is -0.271 e. The number of fused-ring (bicyclic) bond motifs is 1. The second-order valence-corrected chi connectivity index (χ2v) is 5.65. The molecule has 3 aromatic rings. The van der Waals surface area contributed by atoms with Crippen LogP contribution in [0.15, 0.2) is 65.7 Å². The van der Waals surface area contributed by atoms with E-state index in [1.807, 2.05) is 36.5 Å². The van der Waals surface area contributed by atoms with Crippen molar-refractivity contribution in [3.05, 3.63) is 71.9 Å². The van der Waals surface area contributed by atoms with Gasteiger partial charge in [-0.25, -0.2) is 5.43 Å². The van der Waals surface area contributed by atoms with Crippen molar-refractivity contribution in [2.24, 2.45) is 5.84 Å². The van der Waals surface area contributed by atoms with Gasteiger partial charge in [0.15, 0.2) is 0 Å². The molecule has 2 aromatic carbocycles. The number of nitrogens with one attached hydrogen (secondary N) is 1. The second kappa shape index (κ2) is 6.26. The van der Waals surface area contributed by atoms with Gasteiger partial charge in [-0.1, -0.05) is 36.4 Å². The Bertz CT molecular complexity index is 758. The molecule has 4 heteroatoms. The number of aromatic nitrogens is 1. The number of benzene rings is 2. The largest absolute Gasteiger partial charge is 0.271 e. The van der Waals surface area contributed by atoms with Crippen LogP contribution < -0.4 is 11.3 Å². The fourth-order valence-corrected chi connectivity index (χ4v) is 3.15. The molecule has 0 fully saturated rings. The first-order valence-corrected chi connectivity index (χ1v) is 7.99. The number of nitrogens with two attached hydrogens (primary N) is 1. The van der Waals surface area contributed by atoms with Crippen molar-refractivity contribution in [1.82, 2.24) is 10.4 Å². The molecule has 0 aliphatic carbocycles. The van der Waals surface area contributed by atoms with Crippen molar-refractivity contribution in [2.45, 2.75) is 10.9 Å².